The van der Waals surface area contributed by atoms with Crippen LogP contribution in [-0.4, -0.2) is 43.2 Å². The molecular formula is C28H28N2O4. The first-order chi connectivity index (χ1) is 16.6. The van der Waals surface area contributed by atoms with Crippen LogP contribution in [0.25, 0.3) is 10.8 Å². The lowest BCUT2D eigenvalue weighted by molar-refractivity contribution is -0.138. The highest BCUT2D eigenvalue weighted by atomic mass is 16.5. The molecule has 1 fully saturated rings. The van der Waals surface area contributed by atoms with Crippen molar-refractivity contribution in [3.8, 4) is 11.5 Å². The molecule has 1 aliphatic carbocycles. The lowest BCUT2D eigenvalue weighted by atomic mass is 9.73. The molecule has 0 spiro atoms. The van der Waals surface area contributed by atoms with Crippen molar-refractivity contribution in [3.63, 3.8) is 0 Å². The van der Waals surface area contributed by atoms with Crippen LogP contribution in [-0.2, 0) is 4.79 Å². The summed E-state index contributed by atoms with van der Waals surface area (Å²) < 4.78 is 10.9. The number of rotatable bonds is 6. The van der Waals surface area contributed by atoms with Crippen molar-refractivity contribution in [2.45, 2.75) is 25.7 Å². The van der Waals surface area contributed by atoms with Gasteiger partial charge in [0.1, 0.15) is 6.54 Å². The SMILES string of the molecule is COc1ccc(C2=NN(CC(=O)c3ccc4ccccc4c3)C(=O)[C@H]3CCCC[C@@H]23)cc1OC. The van der Waals surface area contributed by atoms with Gasteiger partial charge in [0.15, 0.2) is 17.3 Å². The Balaban J connectivity index is 1.49. The maximum absolute atomic E-state index is 13.4. The minimum Gasteiger partial charge on any atom is -0.493 e. The highest BCUT2D eigenvalue weighted by Crippen LogP contribution is 2.39. The van der Waals surface area contributed by atoms with Gasteiger partial charge in [0.2, 0.25) is 5.91 Å². The van der Waals surface area contributed by atoms with Crippen LogP contribution in [0.2, 0.25) is 0 Å². The molecule has 3 aromatic carbocycles. The highest BCUT2D eigenvalue weighted by molar-refractivity contribution is 6.08. The maximum Gasteiger partial charge on any atom is 0.246 e. The number of fused-ring (bicyclic) bond motifs is 2. The number of carbonyl (C=O) groups is 2. The lowest BCUT2D eigenvalue weighted by Crippen LogP contribution is -2.47. The fourth-order valence-corrected chi connectivity index (χ4v) is 5.17. The van der Waals surface area contributed by atoms with Gasteiger partial charge in [-0.2, -0.15) is 5.10 Å². The van der Waals surface area contributed by atoms with Crippen LogP contribution in [0.5, 0.6) is 11.5 Å². The Labute approximate surface area is 199 Å². The second-order valence-corrected chi connectivity index (χ2v) is 8.93. The fraction of sp³-hybridized carbons (Fsp3) is 0.321. The summed E-state index contributed by atoms with van der Waals surface area (Å²) in [5, 5.41) is 8.22. The Morgan fingerprint density at radius 3 is 2.41 bits per heavy atom. The van der Waals surface area contributed by atoms with Crippen LogP contribution in [0, 0.1) is 11.8 Å². The molecule has 3 aromatic rings. The van der Waals surface area contributed by atoms with E-state index >= 15 is 0 Å². The third-order valence-electron chi connectivity index (χ3n) is 6.96. The Morgan fingerprint density at radius 2 is 1.65 bits per heavy atom. The molecule has 1 amide bonds. The van der Waals surface area contributed by atoms with E-state index in [4.69, 9.17) is 14.6 Å². The lowest BCUT2D eigenvalue weighted by Gasteiger charge is -2.38. The van der Waals surface area contributed by atoms with Gasteiger partial charge in [-0.05, 0) is 47.9 Å². The molecule has 174 valence electrons. The molecule has 1 aliphatic heterocycles. The average Bonchev–Trinajstić information content (AvgIpc) is 2.89. The summed E-state index contributed by atoms with van der Waals surface area (Å²) in [5.41, 5.74) is 2.32. The number of ketones is 1. The smallest absolute Gasteiger partial charge is 0.246 e. The molecule has 0 N–H and O–H groups in total. The van der Waals surface area contributed by atoms with Gasteiger partial charge in [-0.1, -0.05) is 49.2 Å². The van der Waals surface area contributed by atoms with E-state index in [2.05, 4.69) is 0 Å². The van der Waals surface area contributed by atoms with Gasteiger partial charge in [0, 0.05) is 23.0 Å². The summed E-state index contributed by atoms with van der Waals surface area (Å²) in [6.45, 7) is -0.0722. The van der Waals surface area contributed by atoms with Gasteiger partial charge < -0.3 is 9.47 Å². The monoisotopic (exact) mass is 456 g/mol. The molecule has 1 saturated carbocycles. The molecule has 0 unspecified atom stereocenters. The van der Waals surface area contributed by atoms with Gasteiger partial charge in [-0.15, -0.1) is 0 Å². The number of amides is 1. The third kappa shape index (κ3) is 4.04. The minimum atomic E-state index is -0.154. The molecule has 0 radical (unpaired) electrons. The standard InChI is InChI=1S/C28H28N2O4/c1-33-25-14-13-21(16-26(25)34-2)27-22-9-5-6-10-23(22)28(32)30(29-27)17-24(31)20-12-11-18-7-3-4-8-19(18)15-20/h3-4,7-8,11-16,22-23H,5-6,9-10,17H2,1-2H3/t22-,23+/m1/s1. The second-order valence-electron chi connectivity index (χ2n) is 8.93. The molecule has 2 atom stereocenters. The van der Waals surface area contributed by atoms with Crippen molar-refractivity contribution in [2.75, 3.05) is 20.8 Å². The number of nitrogens with zero attached hydrogens (tertiary/aromatic N) is 2. The van der Waals surface area contributed by atoms with Gasteiger partial charge in [-0.25, -0.2) is 5.01 Å². The number of benzene rings is 3. The van der Waals surface area contributed by atoms with E-state index < -0.39 is 0 Å². The van der Waals surface area contributed by atoms with Crippen molar-refractivity contribution in [1.29, 1.82) is 0 Å². The molecule has 34 heavy (non-hydrogen) atoms. The number of ether oxygens (including phenoxy) is 2. The van der Waals surface area contributed by atoms with Crippen molar-refractivity contribution in [1.82, 2.24) is 5.01 Å². The molecule has 6 heteroatoms. The van der Waals surface area contributed by atoms with Crippen LogP contribution in [0.4, 0.5) is 0 Å². The minimum absolute atomic E-state index is 0.0476. The van der Waals surface area contributed by atoms with E-state index in [1.165, 1.54) is 5.01 Å². The zero-order valence-corrected chi connectivity index (χ0v) is 19.5. The van der Waals surface area contributed by atoms with E-state index in [1.807, 2.05) is 60.7 Å². The summed E-state index contributed by atoms with van der Waals surface area (Å²) >= 11 is 0. The van der Waals surface area contributed by atoms with E-state index in [0.717, 1.165) is 47.7 Å². The van der Waals surface area contributed by atoms with Crippen LogP contribution in [0.3, 0.4) is 0 Å². The van der Waals surface area contributed by atoms with Gasteiger partial charge in [0.25, 0.3) is 0 Å². The summed E-state index contributed by atoms with van der Waals surface area (Å²) in [5.74, 6) is 0.977. The topological polar surface area (TPSA) is 68.2 Å². The third-order valence-corrected chi connectivity index (χ3v) is 6.96. The summed E-state index contributed by atoms with van der Waals surface area (Å²) in [6.07, 6.45) is 3.81. The summed E-state index contributed by atoms with van der Waals surface area (Å²) in [6, 6.07) is 19.3. The number of hydrogen-bond donors (Lipinski definition) is 0. The van der Waals surface area contributed by atoms with Crippen molar-refractivity contribution >= 4 is 28.2 Å². The predicted molar refractivity (Wildman–Crippen MR) is 132 cm³/mol. The Bertz CT molecular complexity index is 1280. The van der Waals surface area contributed by atoms with E-state index in [-0.39, 0.29) is 30.1 Å². The zero-order chi connectivity index (χ0) is 23.7. The molecule has 0 saturated heterocycles. The maximum atomic E-state index is 13.4. The largest absolute Gasteiger partial charge is 0.493 e. The Hall–Kier alpha value is -3.67. The fourth-order valence-electron chi connectivity index (χ4n) is 5.17. The predicted octanol–water partition coefficient (Wildman–Crippen LogP) is 5.09. The van der Waals surface area contributed by atoms with E-state index in [0.29, 0.717) is 17.1 Å². The molecule has 0 aromatic heterocycles. The number of Topliss-reactive ketones (excluding diaryl/α,β-unsaturated/α-hetero) is 1. The number of carbonyl (C=O) groups excluding carboxylic acids is 2. The van der Waals surface area contributed by atoms with Crippen LogP contribution >= 0.6 is 0 Å². The van der Waals surface area contributed by atoms with Gasteiger partial charge >= 0.3 is 0 Å². The first-order valence-corrected chi connectivity index (χ1v) is 11.7. The molecular weight excluding hydrogens is 428 g/mol. The first kappa shape index (κ1) is 22.1. The highest BCUT2D eigenvalue weighted by Gasteiger charge is 2.41. The van der Waals surface area contributed by atoms with Crippen LogP contribution in [0.1, 0.15) is 41.6 Å². The number of hydrogen-bond acceptors (Lipinski definition) is 5. The Kier molecular flexibility index (Phi) is 6.05. The number of hydrazone groups is 1. The van der Waals surface area contributed by atoms with Crippen LogP contribution in [0.15, 0.2) is 65.8 Å². The van der Waals surface area contributed by atoms with Gasteiger partial charge in [-0.3, -0.25) is 9.59 Å². The number of methoxy groups -OCH3 is 2. The van der Waals surface area contributed by atoms with Crippen molar-refractivity contribution in [2.24, 2.45) is 16.9 Å². The average molecular weight is 457 g/mol. The molecule has 1 heterocycles. The summed E-state index contributed by atoms with van der Waals surface area (Å²) in [4.78, 5) is 26.6. The zero-order valence-electron chi connectivity index (χ0n) is 19.5. The first-order valence-electron chi connectivity index (χ1n) is 11.7. The van der Waals surface area contributed by atoms with E-state index in [9.17, 15) is 9.59 Å². The molecule has 0 bridgehead atoms. The summed E-state index contributed by atoms with van der Waals surface area (Å²) in [7, 11) is 3.21. The quantitative estimate of drug-likeness (QED) is 0.485. The van der Waals surface area contributed by atoms with Crippen LogP contribution < -0.4 is 9.47 Å². The van der Waals surface area contributed by atoms with Crippen molar-refractivity contribution < 1.29 is 19.1 Å². The second kappa shape index (κ2) is 9.29. The molecule has 6 nitrogen and oxygen atoms in total. The van der Waals surface area contributed by atoms with E-state index in [1.54, 1.807) is 14.2 Å². The Morgan fingerprint density at radius 1 is 0.912 bits per heavy atom. The molecule has 2 aliphatic rings. The molecule has 5 rings (SSSR count). The normalized spacial score (nSPS) is 20.0. The van der Waals surface area contributed by atoms with Crippen molar-refractivity contribution in [3.05, 3.63) is 71.8 Å². The van der Waals surface area contributed by atoms with Gasteiger partial charge in [0.05, 0.1) is 19.9 Å².